The number of carbonyl (C=O) groups is 1. The minimum atomic E-state index is -4.13. The molecule has 0 bridgehead atoms. The smallest absolute Gasteiger partial charge is 0.269 e. The maximum Gasteiger partial charge on any atom is 0.269 e. The molecule has 0 radical (unpaired) electrons. The fourth-order valence-corrected chi connectivity index (χ4v) is 3.56. The van der Waals surface area contributed by atoms with Gasteiger partial charge >= 0.3 is 0 Å². The van der Waals surface area contributed by atoms with Crippen LogP contribution in [0.2, 0.25) is 0 Å². The third-order valence-corrected chi connectivity index (χ3v) is 5.38. The molecule has 1 aromatic rings. The molecule has 0 aliphatic heterocycles. The number of nitrogens with zero attached hydrogens (tertiary/aromatic N) is 1. The van der Waals surface area contributed by atoms with E-state index in [-0.39, 0.29) is 22.6 Å². The first-order chi connectivity index (χ1) is 9.54. The number of carbonyl (C=O) groups excluding carboxylic acids is 1. The number of hydrogen-bond donors (Lipinski definition) is 1. The highest BCUT2D eigenvalue weighted by molar-refractivity contribution is 7.90. The van der Waals surface area contributed by atoms with E-state index in [4.69, 9.17) is 23.2 Å². The van der Waals surface area contributed by atoms with Gasteiger partial charge in [0.25, 0.3) is 15.7 Å². The highest BCUT2D eigenvalue weighted by Gasteiger charge is 2.57. The van der Waals surface area contributed by atoms with Crippen molar-refractivity contribution in [1.82, 2.24) is 4.72 Å². The average molecular weight is 353 g/mol. The number of nitro groups is 1. The lowest BCUT2D eigenvalue weighted by atomic mass is 10.2. The van der Waals surface area contributed by atoms with Crippen molar-refractivity contribution in [3.05, 3.63) is 33.9 Å². The second-order valence-corrected chi connectivity index (χ2v) is 7.89. The van der Waals surface area contributed by atoms with Gasteiger partial charge in [-0.1, -0.05) is 0 Å². The standard InChI is InChI=1S/C11H10Cl2N2O5S/c1-6-4-7(15(17)18)2-3-9(6)21(19,20)14-10(16)8-5-11(8,12)13/h2-4,8H,5H2,1H3,(H,14,16). The number of nitro benzene ring substituents is 1. The summed E-state index contributed by atoms with van der Waals surface area (Å²) in [7, 11) is -4.13. The third-order valence-electron chi connectivity index (χ3n) is 3.04. The molecule has 1 amide bonds. The Morgan fingerprint density at radius 1 is 1.48 bits per heavy atom. The van der Waals surface area contributed by atoms with Gasteiger partial charge in [0.1, 0.15) is 4.33 Å². The summed E-state index contributed by atoms with van der Waals surface area (Å²) >= 11 is 11.4. The average Bonchev–Trinajstić information content (AvgIpc) is 2.97. The van der Waals surface area contributed by atoms with Crippen LogP contribution in [-0.2, 0) is 14.8 Å². The van der Waals surface area contributed by atoms with Crippen LogP contribution in [0.3, 0.4) is 0 Å². The van der Waals surface area contributed by atoms with Gasteiger partial charge in [0.2, 0.25) is 5.91 Å². The summed E-state index contributed by atoms with van der Waals surface area (Å²) in [5.74, 6) is -1.58. The fourth-order valence-electron chi connectivity index (χ4n) is 1.80. The van der Waals surface area contributed by atoms with E-state index < -0.39 is 31.1 Å². The number of alkyl halides is 2. The quantitative estimate of drug-likeness (QED) is 0.505. The highest BCUT2D eigenvalue weighted by atomic mass is 35.5. The summed E-state index contributed by atoms with van der Waals surface area (Å²) in [5, 5.41) is 10.6. The molecular formula is C11H10Cl2N2O5S. The SMILES string of the molecule is Cc1cc([N+](=O)[O-])ccc1S(=O)(=O)NC(=O)C1CC1(Cl)Cl. The van der Waals surface area contributed by atoms with Crippen LogP contribution in [0, 0.1) is 23.0 Å². The summed E-state index contributed by atoms with van der Waals surface area (Å²) < 4.78 is 24.8. The van der Waals surface area contributed by atoms with Crippen molar-refractivity contribution in [2.75, 3.05) is 0 Å². The number of amides is 1. The lowest BCUT2D eigenvalue weighted by molar-refractivity contribution is -0.385. The third kappa shape index (κ3) is 3.28. The largest absolute Gasteiger partial charge is 0.274 e. The number of rotatable bonds is 4. The Kier molecular flexibility index (Phi) is 3.90. The summed E-state index contributed by atoms with van der Waals surface area (Å²) in [5.41, 5.74) is -0.0798. The van der Waals surface area contributed by atoms with Crippen molar-refractivity contribution >= 4 is 44.8 Å². The van der Waals surface area contributed by atoms with Crippen molar-refractivity contribution < 1.29 is 18.1 Å². The minimum absolute atomic E-state index is 0.156. The molecule has 21 heavy (non-hydrogen) atoms. The van der Waals surface area contributed by atoms with Gasteiger partial charge in [-0.05, 0) is 25.0 Å². The summed E-state index contributed by atoms with van der Waals surface area (Å²) in [6.45, 7) is 1.40. The van der Waals surface area contributed by atoms with Gasteiger partial charge in [-0.15, -0.1) is 23.2 Å². The van der Waals surface area contributed by atoms with Crippen LogP contribution in [0.4, 0.5) is 5.69 Å². The molecule has 1 aliphatic rings. The van der Waals surface area contributed by atoms with Crippen molar-refractivity contribution in [1.29, 1.82) is 0 Å². The zero-order chi connectivity index (χ0) is 16.0. The summed E-state index contributed by atoms with van der Waals surface area (Å²) in [4.78, 5) is 21.5. The number of halogens is 2. The van der Waals surface area contributed by atoms with Crippen molar-refractivity contribution in [2.24, 2.45) is 5.92 Å². The topological polar surface area (TPSA) is 106 Å². The molecular weight excluding hydrogens is 343 g/mol. The van der Waals surface area contributed by atoms with Gasteiger partial charge in [0.05, 0.1) is 15.7 Å². The molecule has 0 heterocycles. The van der Waals surface area contributed by atoms with E-state index in [1.165, 1.54) is 6.92 Å². The van der Waals surface area contributed by atoms with Gasteiger partial charge in [0, 0.05) is 12.1 Å². The molecule has 1 fully saturated rings. The molecule has 10 heteroatoms. The molecule has 1 N–H and O–H groups in total. The first-order valence-electron chi connectivity index (χ1n) is 5.74. The Morgan fingerprint density at radius 3 is 2.48 bits per heavy atom. The zero-order valence-corrected chi connectivity index (χ0v) is 13.0. The number of benzene rings is 1. The van der Waals surface area contributed by atoms with Crippen molar-refractivity contribution in [3.8, 4) is 0 Å². The van der Waals surface area contributed by atoms with Crippen molar-refractivity contribution in [2.45, 2.75) is 22.6 Å². The Morgan fingerprint density at radius 2 is 2.05 bits per heavy atom. The van der Waals surface area contributed by atoms with Crippen molar-refractivity contribution in [3.63, 3.8) is 0 Å². The first kappa shape index (κ1) is 16.0. The molecule has 0 saturated heterocycles. The maximum atomic E-state index is 12.1. The molecule has 1 atom stereocenters. The van der Waals surface area contributed by atoms with Crippen LogP contribution in [0.15, 0.2) is 23.1 Å². The van der Waals surface area contributed by atoms with Crippen LogP contribution < -0.4 is 4.72 Å². The maximum absolute atomic E-state index is 12.1. The van der Waals surface area contributed by atoms with Crippen LogP contribution in [0.25, 0.3) is 0 Å². The van der Waals surface area contributed by atoms with Gasteiger partial charge < -0.3 is 0 Å². The first-order valence-corrected chi connectivity index (χ1v) is 7.98. The Bertz CT molecular complexity index is 732. The number of hydrogen-bond acceptors (Lipinski definition) is 5. The van der Waals surface area contributed by atoms with Crippen LogP contribution >= 0.6 is 23.2 Å². The van der Waals surface area contributed by atoms with Gasteiger partial charge in [0.15, 0.2) is 0 Å². The number of aryl methyl sites for hydroxylation is 1. The normalized spacial score (nSPS) is 19.9. The van der Waals surface area contributed by atoms with Gasteiger partial charge in [-0.25, -0.2) is 13.1 Å². The molecule has 1 aliphatic carbocycles. The predicted molar refractivity (Wildman–Crippen MR) is 75.7 cm³/mol. The number of sulfonamides is 1. The lowest BCUT2D eigenvalue weighted by Gasteiger charge is -2.09. The molecule has 0 spiro atoms. The Labute approximate surface area is 130 Å². The second kappa shape index (κ2) is 5.11. The molecule has 1 saturated carbocycles. The van der Waals surface area contributed by atoms with E-state index in [9.17, 15) is 23.3 Å². The van der Waals surface area contributed by atoms with E-state index >= 15 is 0 Å². The van der Waals surface area contributed by atoms with Crippen LogP contribution in [0.1, 0.15) is 12.0 Å². The van der Waals surface area contributed by atoms with E-state index in [0.717, 1.165) is 18.2 Å². The fraction of sp³-hybridized carbons (Fsp3) is 0.364. The van der Waals surface area contributed by atoms with E-state index in [1.807, 2.05) is 4.72 Å². The molecule has 0 aromatic heterocycles. The number of nitrogens with one attached hydrogen (secondary N) is 1. The Hall–Kier alpha value is -1.38. The molecule has 114 valence electrons. The zero-order valence-electron chi connectivity index (χ0n) is 10.7. The monoisotopic (exact) mass is 352 g/mol. The highest BCUT2D eigenvalue weighted by Crippen LogP contribution is 2.53. The van der Waals surface area contributed by atoms with E-state index in [1.54, 1.807) is 0 Å². The van der Waals surface area contributed by atoms with Crippen LogP contribution in [0.5, 0.6) is 0 Å². The molecule has 1 unspecified atom stereocenters. The minimum Gasteiger partial charge on any atom is -0.274 e. The summed E-state index contributed by atoms with van der Waals surface area (Å²) in [6.07, 6.45) is 0.177. The predicted octanol–water partition coefficient (Wildman–Crippen LogP) is 1.90. The second-order valence-electron chi connectivity index (χ2n) is 4.69. The molecule has 1 aromatic carbocycles. The van der Waals surface area contributed by atoms with Gasteiger partial charge in [-0.2, -0.15) is 0 Å². The number of non-ortho nitro benzene ring substituents is 1. The summed E-state index contributed by atoms with van der Waals surface area (Å²) in [6, 6.07) is 3.24. The molecule has 7 nitrogen and oxygen atoms in total. The van der Waals surface area contributed by atoms with E-state index in [2.05, 4.69) is 0 Å². The van der Waals surface area contributed by atoms with Crippen LogP contribution in [-0.4, -0.2) is 23.6 Å². The molecule has 2 rings (SSSR count). The van der Waals surface area contributed by atoms with E-state index in [0.29, 0.717) is 0 Å². The van der Waals surface area contributed by atoms with Gasteiger partial charge in [-0.3, -0.25) is 14.9 Å². The lowest BCUT2D eigenvalue weighted by Crippen LogP contribution is -2.33. The Balaban J connectivity index is 2.24.